The summed E-state index contributed by atoms with van der Waals surface area (Å²) in [5, 5.41) is 16.5. The average Bonchev–Trinajstić information content (AvgIpc) is 2.28. The molecule has 0 aliphatic heterocycles. The lowest BCUT2D eigenvalue weighted by atomic mass is 10.3. The van der Waals surface area contributed by atoms with E-state index in [1.165, 1.54) is 6.33 Å². The van der Waals surface area contributed by atoms with Crippen LogP contribution in [0.4, 0.5) is 17.3 Å². The lowest BCUT2D eigenvalue weighted by Gasteiger charge is -2.07. The SMILES string of the molecule is CCCCNc1ncnc(NC)c1[N+](=O)[O-]. The van der Waals surface area contributed by atoms with E-state index < -0.39 is 4.92 Å². The molecule has 0 saturated heterocycles. The first kappa shape index (κ1) is 12.2. The Labute approximate surface area is 93.4 Å². The summed E-state index contributed by atoms with van der Waals surface area (Å²) in [5.74, 6) is 0.483. The van der Waals surface area contributed by atoms with Crippen LogP contribution in [-0.4, -0.2) is 28.5 Å². The minimum Gasteiger partial charge on any atom is -0.367 e. The van der Waals surface area contributed by atoms with Crippen molar-refractivity contribution in [2.45, 2.75) is 19.8 Å². The molecule has 1 heterocycles. The Morgan fingerprint density at radius 1 is 1.44 bits per heavy atom. The second-order valence-corrected chi connectivity index (χ2v) is 3.21. The molecule has 0 aliphatic carbocycles. The summed E-state index contributed by atoms with van der Waals surface area (Å²) in [4.78, 5) is 18.1. The van der Waals surface area contributed by atoms with Crippen molar-refractivity contribution in [1.29, 1.82) is 0 Å². The molecule has 0 fully saturated rings. The molecule has 0 radical (unpaired) electrons. The van der Waals surface area contributed by atoms with Gasteiger partial charge in [0.15, 0.2) is 0 Å². The van der Waals surface area contributed by atoms with E-state index in [4.69, 9.17) is 0 Å². The normalized spacial score (nSPS) is 9.88. The summed E-state index contributed by atoms with van der Waals surface area (Å²) in [6.07, 6.45) is 3.26. The Morgan fingerprint density at radius 2 is 2.12 bits per heavy atom. The molecule has 0 bridgehead atoms. The standard InChI is InChI=1S/C9H15N5O2/c1-3-4-5-11-9-7(14(15)16)8(10-2)12-6-13-9/h6H,3-5H2,1-2H3,(H2,10,11,12,13). The molecule has 0 aromatic carbocycles. The van der Waals surface area contributed by atoms with Crippen LogP contribution in [0.2, 0.25) is 0 Å². The molecule has 7 heteroatoms. The van der Waals surface area contributed by atoms with Crippen LogP contribution in [0, 0.1) is 10.1 Å². The maximum atomic E-state index is 10.9. The summed E-state index contributed by atoms with van der Waals surface area (Å²) >= 11 is 0. The highest BCUT2D eigenvalue weighted by molar-refractivity contribution is 5.68. The van der Waals surface area contributed by atoms with E-state index in [0.29, 0.717) is 6.54 Å². The highest BCUT2D eigenvalue weighted by atomic mass is 16.6. The van der Waals surface area contributed by atoms with E-state index in [0.717, 1.165) is 12.8 Å². The number of nitrogens with zero attached hydrogens (tertiary/aromatic N) is 3. The largest absolute Gasteiger partial charge is 0.367 e. The molecular weight excluding hydrogens is 210 g/mol. The number of hydrogen-bond donors (Lipinski definition) is 2. The van der Waals surface area contributed by atoms with E-state index in [2.05, 4.69) is 27.5 Å². The fourth-order valence-corrected chi connectivity index (χ4v) is 1.25. The van der Waals surface area contributed by atoms with Crippen molar-refractivity contribution in [1.82, 2.24) is 9.97 Å². The quantitative estimate of drug-likeness (QED) is 0.434. The fraction of sp³-hybridized carbons (Fsp3) is 0.556. The molecule has 88 valence electrons. The summed E-state index contributed by atoms with van der Waals surface area (Å²) in [6, 6.07) is 0. The van der Waals surface area contributed by atoms with E-state index in [1.807, 2.05) is 0 Å². The molecule has 0 unspecified atom stereocenters. The average molecular weight is 225 g/mol. The van der Waals surface area contributed by atoms with Gasteiger partial charge in [-0.05, 0) is 6.42 Å². The molecule has 0 aliphatic rings. The number of rotatable bonds is 6. The van der Waals surface area contributed by atoms with Crippen LogP contribution in [0.5, 0.6) is 0 Å². The minimum atomic E-state index is -0.486. The highest BCUT2D eigenvalue weighted by Gasteiger charge is 2.21. The van der Waals surface area contributed by atoms with Gasteiger partial charge in [-0.3, -0.25) is 10.1 Å². The predicted octanol–water partition coefficient (Wildman–Crippen LogP) is 1.64. The molecule has 1 aromatic heterocycles. The minimum absolute atomic E-state index is 0.110. The number of anilines is 2. The summed E-state index contributed by atoms with van der Waals surface area (Å²) in [5.41, 5.74) is -0.110. The molecule has 0 atom stereocenters. The molecule has 1 rings (SSSR count). The van der Waals surface area contributed by atoms with Crippen LogP contribution in [-0.2, 0) is 0 Å². The van der Waals surface area contributed by atoms with Gasteiger partial charge in [-0.2, -0.15) is 0 Å². The number of nitrogens with one attached hydrogen (secondary N) is 2. The Morgan fingerprint density at radius 3 is 2.69 bits per heavy atom. The van der Waals surface area contributed by atoms with Crippen LogP contribution in [0.3, 0.4) is 0 Å². The maximum absolute atomic E-state index is 10.9. The smallest absolute Gasteiger partial charge is 0.353 e. The van der Waals surface area contributed by atoms with Gasteiger partial charge in [-0.1, -0.05) is 13.3 Å². The van der Waals surface area contributed by atoms with Gasteiger partial charge in [0.2, 0.25) is 11.6 Å². The fourth-order valence-electron chi connectivity index (χ4n) is 1.25. The third-order valence-corrected chi connectivity index (χ3v) is 2.06. The van der Waals surface area contributed by atoms with Crippen molar-refractivity contribution >= 4 is 17.3 Å². The monoisotopic (exact) mass is 225 g/mol. The van der Waals surface area contributed by atoms with Gasteiger partial charge < -0.3 is 10.6 Å². The molecule has 0 spiro atoms. The van der Waals surface area contributed by atoms with Gasteiger partial charge in [0.1, 0.15) is 6.33 Å². The van der Waals surface area contributed by atoms with Gasteiger partial charge in [-0.15, -0.1) is 0 Å². The van der Waals surface area contributed by atoms with Gasteiger partial charge in [0, 0.05) is 13.6 Å². The van der Waals surface area contributed by atoms with Crippen LogP contribution in [0.1, 0.15) is 19.8 Å². The lowest BCUT2D eigenvalue weighted by Crippen LogP contribution is -2.09. The third-order valence-electron chi connectivity index (χ3n) is 2.06. The van der Waals surface area contributed by atoms with Crippen LogP contribution >= 0.6 is 0 Å². The van der Waals surface area contributed by atoms with Crippen LogP contribution in [0.25, 0.3) is 0 Å². The van der Waals surface area contributed by atoms with Gasteiger partial charge in [0.05, 0.1) is 4.92 Å². The predicted molar refractivity (Wildman–Crippen MR) is 61.6 cm³/mol. The Balaban J connectivity index is 2.93. The van der Waals surface area contributed by atoms with Crippen molar-refractivity contribution in [3.63, 3.8) is 0 Å². The van der Waals surface area contributed by atoms with Gasteiger partial charge >= 0.3 is 5.69 Å². The zero-order chi connectivity index (χ0) is 12.0. The molecular formula is C9H15N5O2. The molecule has 0 amide bonds. The van der Waals surface area contributed by atoms with Crippen molar-refractivity contribution < 1.29 is 4.92 Å². The number of hydrogen-bond acceptors (Lipinski definition) is 6. The first-order valence-electron chi connectivity index (χ1n) is 5.11. The maximum Gasteiger partial charge on any atom is 0.353 e. The summed E-state index contributed by atoms with van der Waals surface area (Å²) in [6.45, 7) is 2.71. The van der Waals surface area contributed by atoms with E-state index >= 15 is 0 Å². The molecule has 16 heavy (non-hydrogen) atoms. The summed E-state index contributed by atoms with van der Waals surface area (Å²) in [7, 11) is 1.59. The number of nitro groups is 1. The van der Waals surface area contributed by atoms with Gasteiger partial charge in [0.25, 0.3) is 0 Å². The zero-order valence-electron chi connectivity index (χ0n) is 9.36. The van der Waals surface area contributed by atoms with Crippen molar-refractivity contribution in [3.8, 4) is 0 Å². The second-order valence-electron chi connectivity index (χ2n) is 3.21. The Kier molecular flexibility index (Phi) is 4.43. The number of aromatic nitrogens is 2. The first-order chi connectivity index (χ1) is 7.70. The van der Waals surface area contributed by atoms with Gasteiger partial charge in [-0.25, -0.2) is 9.97 Å². The topological polar surface area (TPSA) is 93.0 Å². The lowest BCUT2D eigenvalue weighted by molar-refractivity contribution is -0.383. The number of unbranched alkanes of at least 4 members (excludes halogenated alkanes) is 1. The van der Waals surface area contributed by atoms with Crippen LogP contribution < -0.4 is 10.6 Å². The van der Waals surface area contributed by atoms with Crippen molar-refractivity contribution in [2.24, 2.45) is 0 Å². The van der Waals surface area contributed by atoms with Crippen molar-refractivity contribution in [2.75, 3.05) is 24.2 Å². The highest BCUT2D eigenvalue weighted by Crippen LogP contribution is 2.28. The van der Waals surface area contributed by atoms with E-state index in [1.54, 1.807) is 7.05 Å². The second kappa shape index (κ2) is 5.84. The third kappa shape index (κ3) is 2.78. The first-order valence-corrected chi connectivity index (χ1v) is 5.11. The Bertz CT molecular complexity index is 369. The van der Waals surface area contributed by atoms with Crippen molar-refractivity contribution in [3.05, 3.63) is 16.4 Å². The zero-order valence-corrected chi connectivity index (χ0v) is 9.36. The molecule has 2 N–H and O–H groups in total. The molecule has 1 aromatic rings. The molecule has 0 saturated carbocycles. The van der Waals surface area contributed by atoms with Crippen LogP contribution in [0.15, 0.2) is 6.33 Å². The summed E-state index contributed by atoms with van der Waals surface area (Å²) < 4.78 is 0. The molecule has 7 nitrogen and oxygen atoms in total. The Hall–Kier alpha value is -1.92. The van der Waals surface area contributed by atoms with E-state index in [9.17, 15) is 10.1 Å². The van der Waals surface area contributed by atoms with E-state index in [-0.39, 0.29) is 17.3 Å².